The molecule has 0 aromatic heterocycles. The van der Waals surface area contributed by atoms with Crippen molar-refractivity contribution in [2.45, 2.75) is 61.9 Å². The minimum Gasteiger partial charge on any atom is -0.381 e. The van der Waals surface area contributed by atoms with E-state index >= 15 is 0 Å². The average molecular weight is 549 g/mol. The molecule has 5 nitrogen and oxygen atoms in total. The van der Waals surface area contributed by atoms with Crippen LogP contribution in [0.15, 0.2) is 53.4 Å². The van der Waals surface area contributed by atoms with Crippen LogP contribution in [0.25, 0.3) is 0 Å². The second-order valence-corrected chi connectivity index (χ2v) is 12.4. The summed E-state index contributed by atoms with van der Waals surface area (Å²) in [6.45, 7) is 12.6. The molecule has 208 valence electrons. The van der Waals surface area contributed by atoms with Gasteiger partial charge in [-0.1, -0.05) is 32.9 Å². The third-order valence-electron chi connectivity index (χ3n) is 7.35. The van der Waals surface area contributed by atoms with Gasteiger partial charge in [-0.25, -0.2) is 0 Å². The normalized spacial score (nSPS) is 19.5. The number of rotatable bonds is 7. The van der Waals surface area contributed by atoms with Crippen LogP contribution in [0, 0.1) is 0 Å². The van der Waals surface area contributed by atoms with Crippen LogP contribution in [0.5, 0.6) is 0 Å². The van der Waals surface area contributed by atoms with Crippen LogP contribution in [0.3, 0.4) is 0 Å². The number of piperazine rings is 1. The number of hydrogen-bond donors (Lipinski definition) is 1. The molecule has 2 aromatic carbocycles. The molecule has 9 heteroatoms. The van der Waals surface area contributed by atoms with Gasteiger partial charge in [0.25, 0.3) is 0 Å². The first-order chi connectivity index (χ1) is 18.0. The monoisotopic (exact) mass is 548 g/mol. The van der Waals surface area contributed by atoms with Gasteiger partial charge in [-0.2, -0.15) is 13.2 Å². The second-order valence-electron chi connectivity index (χ2n) is 11.3. The van der Waals surface area contributed by atoms with Crippen molar-refractivity contribution in [3.8, 4) is 0 Å². The summed E-state index contributed by atoms with van der Waals surface area (Å²) < 4.78 is 37.7. The van der Waals surface area contributed by atoms with Crippen molar-refractivity contribution in [2.24, 2.45) is 0 Å². The molecule has 1 unspecified atom stereocenters. The molecule has 1 N–H and O–H groups in total. The summed E-state index contributed by atoms with van der Waals surface area (Å²) in [5, 5.41) is 3.39. The highest BCUT2D eigenvalue weighted by molar-refractivity contribution is 8.00. The van der Waals surface area contributed by atoms with Crippen LogP contribution in [0.4, 0.5) is 24.5 Å². The Hall–Kier alpha value is -2.39. The van der Waals surface area contributed by atoms with Crippen LogP contribution >= 0.6 is 11.8 Å². The molecule has 1 atom stereocenters. The largest absolute Gasteiger partial charge is 0.446 e. The summed E-state index contributed by atoms with van der Waals surface area (Å²) in [5.41, 5.74) is -0.758. The van der Waals surface area contributed by atoms with Crippen molar-refractivity contribution < 1.29 is 18.0 Å². The molecule has 0 aliphatic carbocycles. The first-order valence-electron chi connectivity index (χ1n) is 13.4. The van der Waals surface area contributed by atoms with Gasteiger partial charge in [0.05, 0.1) is 0 Å². The Bertz CT molecular complexity index is 1050. The third-order valence-corrected chi connectivity index (χ3v) is 8.08. The summed E-state index contributed by atoms with van der Waals surface area (Å²) in [6.07, 6.45) is 2.36. The summed E-state index contributed by atoms with van der Waals surface area (Å²) in [4.78, 5) is 19.9. The van der Waals surface area contributed by atoms with E-state index in [0.29, 0.717) is 13.0 Å². The zero-order valence-electron chi connectivity index (χ0n) is 22.6. The lowest BCUT2D eigenvalue weighted by molar-refractivity contribution is -0.132. The number of nitrogens with zero attached hydrogens (tertiary/aromatic N) is 3. The van der Waals surface area contributed by atoms with Crippen LogP contribution in [0.1, 0.15) is 45.6 Å². The first kappa shape index (κ1) is 28.6. The fourth-order valence-electron chi connectivity index (χ4n) is 5.12. The smallest absolute Gasteiger partial charge is 0.381 e. The van der Waals surface area contributed by atoms with Crippen LogP contribution in [-0.2, 0) is 10.2 Å². The number of halogens is 3. The SMILES string of the molecule is CC(C)(C)c1ccc(N2CCN(CCC(=O)N3CCCC(Nc4ccc(SC(F)(F)F)cc4)C3)CC2)cc1. The first-order valence-corrected chi connectivity index (χ1v) is 14.3. The van der Waals surface area contributed by atoms with E-state index in [9.17, 15) is 18.0 Å². The number of benzene rings is 2. The lowest BCUT2D eigenvalue weighted by Gasteiger charge is -2.37. The van der Waals surface area contributed by atoms with Crippen LogP contribution in [0.2, 0.25) is 0 Å². The van der Waals surface area contributed by atoms with E-state index in [0.717, 1.165) is 57.8 Å². The van der Waals surface area contributed by atoms with Gasteiger partial charge in [0.1, 0.15) is 0 Å². The highest BCUT2D eigenvalue weighted by Crippen LogP contribution is 2.37. The molecule has 2 aromatic rings. The molecule has 2 fully saturated rings. The Morgan fingerprint density at radius 3 is 2.21 bits per heavy atom. The van der Waals surface area contributed by atoms with Crippen molar-refractivity contribution in [3.63, 3.8) is 0 Å². The second kappa shape index (κ2) is 12.2. The van der Waals surface area contributed by atoms with Gasteiger partial charge in [-0.05, 0) is 72.0 Å². The van der Waals surface area contributed by atoms with E-state index in [1.54, 1.807) is 12.1 Å². The number of likely N-dealkylation sites (tertiary alicyclic amines) is 1. The quantitative estimate of drug-likeness (QED) is 0.417. The number of thioether (sulfide) groups is 1. The van der Waals surface area contributed by atoms with Gasteiger partial charge >= 0.3 is 5.51 Å². The van der Waals surface area contributed by atoms with Crippen LogP contribution in [-0.4, -0.2) is 73.1 Å². The molecule has 4 rings (SSSR count). The Kier molecular flexibility index (Phi) is 9.19. The van der Waals surface area contributed by atoms with Gasteiger partial charge in [-0.15, -0.1) is 0 Å². The lowest BCUT2D eigenvalue weighted by atomic mass is 9.87. The molecular formula is C29H39F3N4OS. The maximum atomic E-state index is 13.0. The molecule has 0 spiro atoms. The van der Waals surface area contributed by atoms with E-state index in [-0.39, 0.29) is 34.0 Å². The average Bonchev–Trinajstić information content (AvgIpc) is 2.88. The summed E-state index contributed by atoms with van der Waals surface area (Å²) in [5.74, 6) is 0.175. The zero-order chi connectivity index (χ0) is 27.3. The van der Waals surface area contributed by atoms with Gasteiger partial charge in [-0.3, -0.25) is 9.69 Å². The minimum absolute atomic E-state index is 0.0991. The molecule has 0 saturated carbocycles. The minimum atomic E-state index is -4.29. The van der Waals surface area contributed by atoms with Crippen molar-refractivity contribution in [1.29, 1.82) is 0 Å². The van der Waals surface area contributed by atoms with Crippen molar-refractivity contribution in [2.75, 3.05) is 56.0 Å². The standard InChI is InChI=1S/C29H39F3N4OS/c1-28(2,3)22-6-10-25(11-7-22)35-19-17-34(18-20-35)16-14-27(37)36-15-4-5-24(21-36)33-23-8-12-26(13-9-23)38-29(30,31)32/h6-13,24,33H,4-5,14-21H2,1-3H3. The maximum Gasteiger partial charge on any atom is 0.446 e. The number of nitrogens with one attached hydrogen (secondary N) is 1. The zero-order valence-corrected chi connectivity index (χ0v) is 23.4. The fraction of sp³-hybridized carbons (Fsp3) is 0.552. The van der Waals surface area contributed by atoms with Crippen LogP contribution < -0.4 is 10.2 Å². The molecular weight excluding hydrogens is 509 g/mol. The number of amides is 1. The number of anilines is 2. The number of hydrogen-bond acceptors (Lipinski definition) is 5. The van der Waals surface area contributed by atoms with Crippen molar-refractivity contribution >= 4 is 29.0 Å². The molecule has 2 aliphatic heterocycles. The van der Waals surface area contributed by atoms with E-state index in [4.69, 9.17) is 0 Å². The lowest BCUT2D eigenvalue weighted by Crippen LogP contribution is -2.49. The number of carbonyl (C=O) groups is 1. The number of piperidine rings is 1. The predicted octanol–water partition coefficient (Wildman–Crippen LogP) is 6.21. The van der Waals surface area contributed by atoms with Crippen molar-refractivity contribution in [3.05, 3.63) is 54.1 Å². The van der Waals surface area contributed by atoms with Gasteiger partial charge in [0.2, 0.25) is 5.91 Å². The summed E-state index contributed by atoms with van der Waals surface area (Å²) in [6, 6.07) is 15.3. The topological polar surface area (TPSA) is 38.8 Å². The van der Waals surface area contributed by atoms with Gasteiger partial charge in [0.15, 0.2) is 0 Å². The van der Waals surface area contributed by atoms with E-state index in [1.165, 1.54) is 23.4 Å². The highest BCUT2D eigenvalue weighted by Gasteiger charge is 2.29. The van der Waals surface area contributed by atoms with Gasteiger partial charge in [0, 0.05) is 74.5 Å². The fourth-order valence-corrected chi connectivity index (χ4v) is 5.66. The predicted molar refractivity (Wildman–Crippen MR) is 150 cm³/mol. The molecule has 2 heterocycles. The molecule has 0 bridgehead atoms. The molecule has 0 radical (unpaired) electrons. The van der Waals surface area contributed by atoms with E-state index in [1.807, 2.05) is 4.90 Å². The Morgan fingerprint density at radius 1 is 0.947 bits per heavy atom. The Morgan fingerprint density at radius 2 is 1.61 bits per heavy atom. The van der Waals surface area contributed by atoms with Gasteiger partial charge < -0.3 is 15.1 Å². The Labute approximate surface area is 228 Å². The molecule has 1 amide bonds. The van der Waals surface area contributed by atoms with E-state index < -0.39 is 5.51 Å². The third kappa shape index (κ3) is 8.30. The number of alkyl halides is 3. The molecule has 2 aliphatic rings. The van der Waals surface area contributed by atoms with Crippen molar-refractivity contribution in [1.82, 2.24) is 9.80 Å². The molecule has 2 saturated heterocycles. The molecule has 38 heavy (non-hydrogen) atoms. The van der Waals surface area contributed by atoms with E-state index in [2.05, 4.69) is 60.2 Å². The maximum absolute atomic E-state index is 13.0. The number of carbonyl (C=O) groups excluding carboxylic acids is 1. The summed E-state index contributed by atoms with van der Waals surface area (Å²) >= 11 is -0.110. The summed E-state index contributed by atoms with van der Waals surface area (Å²) in [7, 11) is 0. The Balaban J connectivity index is 1.19. The highest BCUT2D eigenvalue weighted by atomic mass is 32.2.